The number of rotatable bonds is 6. The highest BCUT2D eigenvalue weighted by Gasteiger charge is 2.16. The van der Waals surface area contributed by atoms with Crippen molar-refractivity contribution in [1.29, 1.82) is 0 Å². The second kappa shape index (κ2) is 6.02. The van der Waals surface area contributed by atoms with Gasteiger partial charge in [0.05, 0.1) is 16.3 Å². The van der Waals surface area contributed by atoms with Crippen LogP contribution in [0, 0.1) is 0 Å². The van der Waals surface area contributed by atoms with Crippen molar-refractivity contribution in [3.8, 4) is 0 Å². The van der Waals surface area contributed by atoms with Crippen LogP contribution in [0.5, 0.6) is 0 Å². The van der Waals surface area contributed by atoms with Gasteiger partial charge in [0.2, 0.25) is 0 Å². The highest BCUT2D eigenvalue weighted by molar-refractivity contribution is 7.91. The zero-order valence-electron chi connectivity index (χ0n) is 10.2. The first-order valence-corrected chi connectivity index (χ1v) is 7.35. The Balaban J connectivity index is 3.01. The van der Waals surface area contributed by atoms with Gasteiger partial charge in [-0.3, -0.25) is 0 Å². The number of benzene rings is 1. The van der Waals surface area contributed by atoms with Crippen LogP contribution in [0.4, 0.5) is 5.69 Å². The van der Waals surface area contributed by atoms with Crippen LogP contribution in [0.2, 0.25) is 0 Å². The molecule has 0 aliphatic heterocycles. The standard InChI is InChI=1S/C12H19NO3S/c1-3-17(15,16)12-7-5-4-6-11(12)13-10(2)8-9-14/h4-7,10,13-14H,3,8-9H2,1-2H3/t10-/m1/s1. The highest BCUT2D eigenvalue weighted by Crippen LogP contribution is 2.22. The first kappa shape index (κ1) is 14.0. The number of nitrogens with one attached hydrogen (secondary N) is 1. The van der Waals surface area contributed by atoms with Gasteiger partial charge >= 0.3 is 0 Å². The number of anilines is 1. The summed E-state index contributed by atoms with van der Waals surface area (Å²) in [7, 11) is -3.21. The molecular formula is C12H19NO3S. The summed E-state index contributed by atoms with van der Waals surface area (Å²) >= 11 is 0. The minimum atomic E-state index is -3.21. The predicted octanol–water partition coefficient (Wildman–Crippen LogP) is 1.66. The topological polar surface area (TPSA) is 66.4 Å². The van der Waals surface area contributed by atoms with Gasteiger partial charge in [-0.2, -0.15) is 0 Å². The van der Waals surface area contributed by atoms with Gasteiger partial charge in [0.25, 0.3) is 0 Å². The molecule has 1 aromatic rings. The Bertz CT molecular complexity index is 457. The summed E-state index contributed by atoms with van der Waals surface area (Å²) < 4.78 is 23.7. The molecule has 2 N–H and O–H groups in total. The third-order valence-electron chi connectivity index (χ3n) is 2.57. The molecule has 0 radical (unpaired) electrons. The monoisotopic (exact) mass is 257 g/mol. The smallest absolute Gasteiger partial charge is 0.180 e. The Morgan fingerprint density at radius 3 is 2.59 bits per heavy atom. The summed E-state index contributed by atoms with van der Waals surface area (Å²) in [6, 6.07) is 6.89. The number of aliphatic hydroxyl groups is 1. The summed E-state index contributed by atoms with van der Waals surface area (Å²) in [6.07, 6.45) is 0.584. The van der Waals surface area contributed by atoms with Crippen molar-refractivity contribution < 1.29 is 13.5 Å². The van der Waals surface area contributed by atoms with Gasteiger partial charge in [0, 0.05) is 12.6 Å². The fraction of sp³-hybridized carbons (Fsp3) is 0.500. The Morgan fingerprint density at radius 2 is 2.00 bits per heavy atom. The van der Waals surface area contributed by atoms with E-state index in [9.17, 15) is 8.42 Å². The van der Waals surface area contributed by atoms with Gasteiger partial charge in [0.15, 0.2) is 9.84 Å². The number of hydrogen-bond donors (Lipinski definition) is 2. The average Bonchev–Trinajstić information content (AvgIpc) is 2.30. The SMILES string of the molecule is CCS(=O)(=O)c1ccccc1N[C@H](C)CCO. The summed E-state index contributed by atoms with van der Waals surface area (Å²) in [6.45, 7) is 3.62. The van der Waals surface area contributed by atoms with Crippen LogP contribution >= 0.6 is 0 Å². The largest absolute Gasteiger partial charge is 0.396 e. The molecule has 4 nitrogen and oxygen atoms in total. The molecule has 0 saturated heterocycles. The van der Waals surface area contributed by atoms with E-state index in [0.717, 1.165) is 0 Å². The average molecular weight is 257 g/mol. The normalized spacial score (nSPS) is 13.4. The van der Waals surface area contributed by atoms with Crippen molar-refractivity contribution in [3.63, 3.8) is 0 Å². The van der Waals surface area contributed by atoms with Crippen molar-refractivity contribution in [2.45, 2.75) is 31.2 Å². The lowest BCUT2D eigenvalue weighted by Gasteiger charge is -2.16. The quantitative estimate of drug-likeness (QED) is 0.813. The van der Waals surface area contributed by atoms with Gasteiger partial charge in [-0.1, -0.05) is 19.1 Å². The first-order valence-electron chi connectivity index (χ1n) is 5.70. The lowest BCUT2D eigenvalue weighted by atomic mass is 10.2. The lowest BCUT2D eigenvalue weighted by molar-refractivity contribution is 0.282. The Morgan fingerprint density at radius 1 is 1.35 bits per heavy atom. The van der Waals surface area contributed by atoms with E-state index in [1.54, 1.807) is 31.2 Å². The molecule has 1 rings (SSSR count). The third-order valence-corrected chi connectivity index (χ3v) is 4.35. The molecule has 0 spiro atoms. The van der Waals surface area contributed by atoms with E-state index in [-0.39, 0.29) is 18.4 Å². The van der Waals surface area contributed by atoms with Gasteiger partial charge < -0.3 is 10.4 Å². The molecule has 5 heteroatoms. The Kier molecular flexibility index (Phi) is 4.96. The number of hydrogen-bond acceptors (Lipinski definition) is 4. The molecule has 0 heterocycles. The number of aliphatic hydroxyl groups excluding tert-OH is 1. The molecule has 17 heavy (non-hydrogen) atoms. The number of para-hydroxylation sites is 1. The minimum absolute atomic E-state index is 0.0354. The molecule has 1 aromatic carbocycles. The van der Waals surface area contributed by atoms with Crippen LogP contribution < -0.4 is 5.32 Å². The number of sulfone groups is 1. The highest BCUT2D eigenvalue weighted by atomic mass is 32.2. The summed E-state index contributed by atoms with van der Waals surface area (Å²) in [5, 5.41) is 11.9. The van der Waals surface area contributed by atoms with E-state index >= 15 is 0 Å². The van der Waals surface area contributed by atoms with Gasteiger partial charge in [-0.05, 0) is 25.5 Å². The van der Waals surface area contributed by atoms with Crippen LogP contribution in [-0.4, -0.2) is 31.9 Å². The summed E-state index contributed by atoms with van der Waals surface area (Å²) in [5.74, 6) is 0.0834. The molecule has 0 saturated carbocycles. The maximum absolute atomic E-state index is 11.9. The maximum atomic E-state index is 11.9. The fourth-order valence-electron chi connectivity index (χ4n) is 1.54. The molecule has 96 valence electrons. The van der Waals surface area contributed by atoms with E-state index < -0.39 is 9.84 Å². The lowest BCUT2D eigenvalue weighted by Crippen LogP contribution is -2.18. The van der Waals surface area contributed by atoms with Gasteiger partial charge in [-0.25, -0.2) is 8.42 Å². The van der Waals surface area contributed by atoms with E-state index in [1.165, 1.54) is 0 Å². The van der Waals surface area contributed by atoms with Crippen molar-refractivity contribution in [1.82, 2.24) is 0 Å². The fourth-order valence-corrected chi connectivity index (χ4v) is 2.60. The van der Waals surface area contributed by atoms with E-state index in [0.29, 0.717) is 17.0 Å². The Labute approximate surface area is 103 Å². The van der Waals surface area contributed by atoms with Crippen molar-refractivity contribution in [2.24, 2.45) is 0 Å². The second-order valence-electron chi connectivity index (χ2n) is 3.96. The van der Waals surface area contributed by atoms with Crippen molar-refractivity contribution >= 4 is 15.5 Å². The van der Waals surface area contributed by atoms with Crippen LogP contribution in [0.1, 0.15) is 20.3 Å². The van der Waals surface area contributed by atoms with E-state index in [2.05, 4.69) is 5.32 Å². The van der Waals surface area contributed by atoms with E-state index in [1.807, 2.05) is 6.92 Å². The van der Waals surface area contributed by atoms with Crippen molar-refractivity contribution in [2.75, 3.05) is 17.7 Å². The molecule has 0 fully saturated rings. The zero-order chi connectivity index (χ0) is 12.9. The van der Waals surface area contributed by atoms with Crippen LogP contribution in [0.15, 0.2) is 29.2 Å². The van der Waals surface area contributed by atoms with Crippen LogP contribution in [0.3, 0.4) is 0 Å². The van der Waals surface area contributed by atoms with Gasteiger partial charge in [0.1, 0.15) is 0 Å². The molecule has 0 unspecified atom stereocenters. The van der Waals surface area contributed by atoms with Crippen molar-refractivity contribution in [3.05, 3.63) is 24.3 Å². The predicted molar refractivity (Wildman–Crippen MR) is 69.0 cm³/mol. The summed E-state index contributed by atoms with van der Waals surface area (Å²) in [4.78, 5) is 0.326. The molecule has 0 bridgehead atoms. The molecule has 0 amide bonds. The Hall–Kier alpha value is -1.07. The first-order chi connectivity index (χ1) is 8.01. The molecule has 0 aliphatic carbocycles. The maximum Gasteiger partial charge on any atom is 0.180 e. The second-order valence-corrected chi connectivity index (χ2v) is 6.20. The zero-order valence-corrected chi connectivity index (χ0v) is 11.0. The minimum Gasteiger partial charge on any atom is -0.396 e. The molecule has 0 aromatic heterocycles. The molecule has 1 atom stereocenters. The third kappa shape index (κ3) is 3.71. The van der Waals surface area contributed by atoms with Gasteiger partial charge in [-0.15, -0.1) is 0 Å². The summed E-state index contributed by atoms with van der Waals surface area (Å²) in [5.41, 5.74) is 0.607. The molecular weight excluding hydrogens is 238 g/mol. The van der Waals surface area contributed by atoms with Crippen LogP contribution in [0.25, 0.3) is 0 Å². The molecule has 0 aliphatic rings. The van der Waals surface area contributed by atoms with E-state index in [4.69, 9.17) is 5.11 Å². The van der Waals surface area contributed by atoms with Crippen LogP contribution in [-0.2, 0) is 9.84 Å².